The van der Waals surface area contributed by atoms with Gasteiger partial charge in [-0.2, -0.15) is 13.2 Å². The average Bonchev–Trinajstić information content (AvgIpc) is 3.00. The van der Waals surface area contributed by atoms with Crippen molar-refractivity contribution in [1.82, 2.24) is 19.9 Å². The van der Waals surface area contributed by atoms with E-state index in [2.05, 4.69) is 20.0 Å². The fraction of sp³-hybridized carbons (Fsp3) is 0.357. The number of nitrogens with one attached hydrogen (secondary N) is 1. The van der Waals surface area contributed by atoms with Crippen molar-refractivity contribution in [2.45, 2.75) is 19.1 Å². The molecule has 0 saturated heterocycles. The maximum atomic E-state index is 12.1. The van der Waals surface area contributed by atoms with E-state index in [0.29, 0.717) is 11.4 Å². The Balaban J connectivity index is 1.92. The minimum Gasteiger partial charge on any atom is -0.370 e. The number of carbonyl (C=O) groups excluding carboxylic acids is 1. The van der Waals surface area contributed by atoms with Gasteiger partial charge in [-0.25, -0.2) is 9.97 Å². The molecule has 2 aromatic rings. The number of carbonyl (C=O) groups is 1. The van der Waals surface area contributed by atoms with Gasteiger partial charge in [-0.15, -0.1) is 0 Å². The van der Waals surface area contributed by atoms with Gasteiger partial charge >= 0.3 is 6.18 Å². The third-order valence-electron chi connectivity index (χ3n) is 2.79. The standard InChI is InChI=1S/C14H15F3N4O2/c1-10(7-23-8-14(15,16)17)20-13(22)11-2-3-19-12(6-11)21-5-4-18-9-21/h2-6,9-10H,7-8H2,1H3,(H,20,22). The molecule has 1 amide bonds. The molecule has 0 fully saturated rings. The van der Waals surface area contributed by atoms with Crippen molar-refractivity contribution < 1.29 is 22.7 Å². The van der Waals surface area contributed by atoms with Gasteiger partial charge in [-0.05, 0) is 19.1 Å². The first kappa shape index (κ1) is 16.9. The molecule has 0 aromatic carbocycles. The number of nitrogens with zero attached hydrogens (tertiary/aromatic N) is 3. The van der Waals surface area contributed by atoms with Gasteiger partial charge in [0.1, 0.15) is 18.8 Å². The molecule has 9 heteroatoms. The van der Waals surface area contributed by atoms with Gasteiger partial charge < -0.3 is 10.1 Å². The van der Waals surface area contributed by atoms with E-state index < -0.39 is 24.7 Å². The zero-order valence-electron chi connectivity index (χ0n) is 12.2. The SMILES string of the molecule is CC(COCC(F)(F)F)NC(=O)c1ccnc(-n2ccnc2)c1. The van der Waals surface area contributed by atoms with Crippen molar-refractivity contribution in [2.75, 3.05) is 13.2 Å². The molecule has 0 bridgehead atoms. The molecule has 0 radical (unpaired) electrons. The van der Waals surface area contributed by atoms with E-state index in [1.165, 1.54) is 18.6 Å². The third-order valence-corrected chi connectivity index (χ3v) is 2.79. The van der Waals surface area contributed by atoms with Crippen molar-refractivity contribution >= 4 is 5.91 Å². The minimum absolute atomic E-state index is 0.231. The van der Waals surface area contributed by atoms with E-state index in [9.17, 15) is 18.0 Å². The summed E-state index contributed by atoms with van der Waals surface area (Å²) < 4.78 is 42.1. The molecule has 0 spiro atoms. The number of ether oxygens (including phenoxy) is 1. The average molecular weight is 328 g/mol. The molecule has 6 nitrogen and oxygen atoms in total. The number of hydrogen-bond donors (Lipinski definition) is 1. The number of imidazole rings is 1. The molecule has 1 unspecified atom stereocenters. The van der Waals surface area contributed by atoms with Crippen LogP contribution in [-0.2, 0) is 4.74 Å². The van der Waals surface area contributed by atoms with E-state index in [1.54, 1.807) is 30.0 Å². The number of rotatable bonds is 6. The Bertz CT molecular complexity index is 644. The Morgan fingerprint density at radius 2 is 2.22 bits per heavy atom. The number of pyridine rings is 1. The predicted molar refractivity (Wildman–Crippen MR) is 75.2 cm³/mol. The lowest BCUT2D eigenvalue weighted by Gasteiger charge is -2.15. The fourth-order valence-corrected chi connectivity index (χ4v) is 1.80. The second-order valence-corrected chi connectivity index (χ2v) is 4.88. The monoisotopic (exact) mass is 328 g/mol. The van der Waals surface area contributed by atoms with E-state index in [-0.39, 0.29) is 6.61 Å². The van der Waals surface area contributed by atoms with Crippen molar-refractivity contribution in [2.24, 2.45) is 0 Å². The zero-order valence-corrected chi connectivity index (χ0v) is 12.2. The number of alkyl halides is 3. The van der Waals surface area contributed by atoms with E-state index in [1.807, 2.05) is 0 Å². The van der Waals surface area contributed by atoms with Crippen LogP contribution in [0.2, 0.25) is 0 Å². The van der Waals surface area contributed by atoms with Crippen LogP contribution in [0.25, 0.3) is 5.82 Å². The second-order valence-electron chi connectivity index (χ2n) is 4.88. The Hall–Kier alpha value is -2.42. The lowest BCUT2D eigenvalue weighted by Crippen LogP contribution is -2.36. The molecule has 1 N–H and O–H groups in total. The lowest BCUT2D eigenvalue weighted by atomic mass is 10.2. The molecule has 2 aromatic heterocycles. The summed E-state index contributed by atoms with van der Waals surface area (Å²) >= 11 is 0. The summed E-state index contributed by atoms with van der Waals surface area (Å²) in [5.41, 5.74) is 0.339. The highest BCUT2D eigenvalue weighted by Gasteiger charge is 2.27. The van der Waals surface area contributed by atoms with Gasteiger partial charge in [0.05, 0.1) is 6.61 Å². The summed E-state index contributed by atoms with van der Waals surface area (Å²) in [4.78, 5) is 20.1. The van der Waals surface area contributed by atoms with Crippen LogP contribution in [0.4, 0.5) is 13.2 Å². The van der Waals surface area contributed by atoms with Crippen molar-refractivity contribution in [3.63, 3.8) is 0 Å². The van der Waals surface area contributed by atoms with Gasteiger partial charge in [0.2, 0.25) is 0 Å². The molecule has 2 rings (SSSR count). The maximum absolute atomic E-state index is 12.1. The first-order chi connectivity index (χ1) is 10.8. The van der Waals surface area contributed by atoms with Crippen molar-refractivity contribution in [3.05, 3.63) is 42.6 Å². The number of halogens is 3. The minimum atomic E-state index is -4.38. The summed E-state index contributed by atoms with van der Waals surface area (Å²) in [7, 11) is 0. The number of aromatic nitrogens is 3. The summed E-state index contributed by atoms with van der Waals surface area (Å²) in [6.07, 6.45) is 1.88. The maximum Gasteiger partial charge on any atom is 0.411 e. The van der Waals surface area contributed by atoms with E-state index >= 15 is 0 Å². The van der Waals surface area contributed by atoms with Gasteiger partial charge in [0.15, 0.2) is 0 Å². The molecule has 2 heterocycles. The van der Waals surface area contributed by atoms with Gasteiger partial charge in [0, 0.05) is 30.2 Å². The third kappa shape index (κ3) is 5.37. The first-order valence-corrected chi connectivity index (χ1v) is 6.75. The molecule has 124 valence electrons. The molecular weight excluding hydrogens is 313 g/mol. The highest BCUT2D eigenvalue weighted by Crippen LogP contribution is 2.14. The molecule has 0 aliphatic heterocycles. The fourth-order valence-electron chi connectivity index (χ4n) is 1.80. The highest BCUT2D eigenvalue weighted by molar-refractivity contribution is 5.94. The summed E-state index contributed by atoms with van der Waals surface area (Å²) in [6, 6.07) is 2.51. The van der Waals surface area contributed by atoms with Crippen LogP contribution in [0.15, 0.2) is 37.1 Å². The summed E-state index contributed by atoms with van der Waals surface area (Å²) in [5, 5.41) is 2.57. The van der Waals surface area contributed by atoms with Crippen LogP contribution >= 0.6 is 0 Å². The van der Waals surface area contributed by atoms with Gasteiger partial charge in [-0.1, -0.05) is 0 Å². The smallest absolute Gasteiger partial charge is 0.370 e. The molecular formula is C14H15F3N4O2. The predicted octanol–water partition coefficient (Wildman–Crippen LogP) is 1.96. The van der Waals surface area contributed by atoms with Crippen LogP contribution in [0.1, 0.15) is 17.3 Å². The normalized spacial score (nSPS) is 12.9. The summed E-state index contributed by atoms with van der Waals surface area (Å²) in [5.74, 6) is 0.0907. The Labute approximate surface area is 130 Å². The van der Waals surface area contributed by atoms with Crippen LogP contribution in [-0.4, -0.2) is 45.9 Å². The van der Waals surface area contributed by atoms with Crippen molar-refractivity contribution in [1.29, 1.82) is 0 Å². The molecule has 0 aliphatic carbocycles. The number of hydrogen-bond acceptors (Lipinski definition) is 4. The second kappa shape index (κ2) is 7.23. The van der Waals surface area contributed by atoms with Crippen LogP contribution < -0.4 is 5.32 Å². The topological polar surface area (TPSA) is 69.0 Å². The quantitative estimate of drug-likeness (QED) is 0.880. The van der Waals surface area contributed by atoms with Crippen LogP contribution in [0.5, 0.6) is 0 Å². The van der Waals surface area contributed by atoms with Crippen molar-refractivity contribution in [3.8, 4) is 5.82 Å². The molecule has 0 aliphatic rings. The molecule has 1 atom stereocenters. The number of amides is 1. The molecule has 0 saturated carbocycles. The Morgan fingerprint density at radius 3 is 2.87 bits per heavy atom. The van der Waals surface area contributed by atoms with Crippen LogP contribution in [0, 0.1) is 0 Å². The summed E-state index contributed by atoms with van der Waals surface area (Å²) in [6.45, 7) is -0.00972. The van der Waals surface area contributed by atoms with Gasteiger partial charge in [-0.3, -0.25) is 9.36 Å². The Kier molecular flexibility index (Phi) is 5.32. The van der Waals surface area contributed by atoms with E-state index in [0.717, 1.165) is 0 Å². The highest BCUT2D eigenvalue weighted by atomic mass is 19.4. The van der Waals surface area contributed by atoms with Crippen LogP contribution in [0.3, 0.4) is 0 Å². The van der Waals surface area contributed by atoms with Gasteiger partial charge in [0.25, 0.3) is 5.91 Å². The first-order valence-electron chi connectivity index (χ1n) is 6.75. The lowest BCUT2D eigenvalue weighted by molar-refractivity contribution is -0.174. The zero-order chi connectivity index (χ0) is 16.9. The molecule has 23 heavy (non-hydrogen) atoms. The van der Waals surface area contributed by atoms with E-state index in [4.69, 9.17) is 0 Å². The Morgan fingerprint density at radius 1 is 1.43 bits per heavy atom. The largest absolute Gasteiger partial charge is 0.411 e.